The predicted molar refractivity (Wildman–Crippen MR) is 79.9 cm³/mol. The van der Waals surface area contributed by atoms with Gasteiger partial charge in [0, 0.05) is 24.2 Å². The van der Waals surface area contributed by atoms with Crippen molar-refractivity contribution in [3.05, 3.63) is 45.2 Å². The molecule has 0 fully saturated rings. The minimum Gasteiger partial charge on any atom is -0.396 e. The van der Waals surface area contributed by atoms with Crippen LogP contribution in [0, 0.1) is 20.8 Å². The van der Waals surface area contributed by atoms with Gasteiger partial charge in [0.05, 0.1) is 5.69 Å². The van der Waals surface area contributed by atoms with Gasteiger partial charge in [0.25, 0.3) is 0 Å². The van der Waals surface area contributed by atoms with Crippen LogP contribution in [0.4, 0.5) is 5.69 Å². The molecule has 0 saturated carbocycles. The summed E-state index contributed by atoms with van der Waals surface area (Å²) < 4.78 is 2.17. The van der Waals surface area contributed by atoms with Gasteiger partial charge in [0.1, 0.15) is 0 Å². The van der Waals surface area contributed by atoms with E-state index in [9.17, 15) is 0 Å². The SMILES string of the molecule is Cc1cccc(N=c2scc(C)n2CCCO)c1C. The van der Waals surface area contributed by atoms with Crippen molar-refractivity contribution in [3.8, 4) is 0 Å². The van der Waals surface area contributed by atoms with E-state index in [0.29, 0.717) is 0 Å². The first-order valence-corrected chi connectivity index (χ1v) is 7.38. The maximum absolute atomic E-state index is 8.98. The molecule has 0 spiro atoms. The Morgan fingerprint density at radius 2 is 2.05 bits per heavy atom. The molecule has 102 valence electrons. The molecule has 1 aromatic carbocycles. The molecular formula is C15H20N2OS. The van der Waals surface area contributed by atoms with Crippen LogP contribution in [0.2, 0.25) is 0 Å². The summed E-state index contributed by atoms with van der Waals surface area (Å²) >= 11 is 1.65. The summed E-state index contributed by atoms with van der Waals surface area (Å²) in [7, 11) is 0. The lowest BCUT2D eigenvalue weighted by Crippen LogP contribution is -2.16. The van der Waals surface area contributed by atoms with E-state index in [1.807, 2.05) is 12.1 Å². The van der Waals surface area contributed by atoms with Gasteiger partial charge in [0.15, 0.2) is 4.80 Å². The third-order valence-corrected chi connectivity index (χ3v) is 4.30. The molecule has 2 rings (SSSR count). The topological polar surface area (TPSA) is 37.5 Å². The van der Waals surface area contributed by atoms with Crippen molar-refractivity contribution in [2.45, 2.75) is 33.7 Å². The average Bonchev–Trinajstić information content (AvgIpc) is 2.73. The molecule has 0 bridgehead atoms. The van der Waals surface area contributed by atoms with E-state index in [1.54, 1.807) is 11.3 Å². The van der Waals surface area contributed by atoms with Gasteiger partial charge in [-0.25, -0.2) is 4.99 Å². The molecule has 0 unspecified atom stereocenters. The molecule has 0 aliphatic heterocycles. The summed E-state index contributed by atoms with van der Waals surface area (Å²) in [6.07, 6.45) is 0.761. The fourth-order valence-corrected chi connectivity index (χ4v) is 2.88. The number of thiazole rings is 1. The van der Waals surface area contributed by atoms with Crippen LogP contribution in [0.3, 0.4) is 0 Å². The molecule has 19 heavy (non-hydrogen) atoms. The first-order chi connectivity index (χ1) is 9.13. The molecule has 1 heterocycles. The molecule has 4 heteroatoms. The Morgan fingerprint density at radius 1 is 1.26 bits per heavy atom. The molecule has 0 aliphatic carbocycles. The summed E-state index contributed by atoms with van der Waals surface area (Å²) in [5, 5.41) is 11.1. The van der Waals surface area contributed by atoms with Crippen LogP contribution in [-0.4, -0.2) is 16.3 Å². The normalized spacial score (nSPS) is 12.1. The van der Waals surface area contributed by atoms with E-state index in [0.717, 1.165) is 23.5 Å². The summed E-state index contributed by atoms with van der Waals surface area (Å²) in [5.41, 5.74) is 4.71. The van der Waals surface area contributed by atoms with E-state index in [4.69, 9.17) is 10.1 Å². The zero-order valence-electron chi connectivity index (χ0n) is 11.7. The van der Waals surface area contributed by atoms with Gasteiger partial charge in [-0.2, -0.15) is 0 Å². The maximum atomic E-state index is 8.98. The molecule has 3 nitrogen and oxygen atoms in total. The monoisotopic (exact) mass is 276 g/mol. The number of hydrogen-bond acceptors (Lipinski definition) is 3. The van der Waals surface area contributed by atoms with Crippen molar-refractivity contribution in [3.63, 3.8) is 0 Å². The van der Waals surface area contributed by atoms with Gasteiger partial charge in [-0.1, -0.05) is 12.1 Å². The van der Waals surface area contributed by atoms with Gasteiger partial charge in [-0.05, 0) is 44.4 Å². The van der Waals surface area contributed by atoms with Crippen LogP contribution < -0.4 is 4.80 Å². The van der Waals surface area contributed by atoms with Crippen LogP contribution in [-0.2, 0) is 6.54 Å². The van der Waals surface area contributed by atoms with Crippen LogP contribution >= 0.6 is 11.3 Å². The number of aliphatic hydroxyl groups excluding tert-OH is 1. The molecule has 1 N–H and O–H groups in total. The number of aromatic nitrogens is 1. The highest BCUT2D eigenvalue weighted by atomic mass is 32.1. The molecule has 0 amide bonds. The number of benzene rings is 1. The largest absolute Gasteiger partial charge is 0.396 e. The van der Waals surface area contributed by atoms with Crippen molar-refractivity contribution in [2.24, 2.45) is 4.99 Å². The third-order valence-electron chi connectivity index (χ3n) is 3.32. The lowest BCUT2D eigenvalue weighted by Gasteiger charge is -2.06. The first-order valence-electron chi connectivity index (χ1n) is 6.50. The quantitative estimate of drug-likeness (QED) is 0.915. The summed E-state index contributed by atoms with van der Waals surface area (Å²) in [6.45, 7) is 7.32. The molecule has 0 aliphatic rings. The van der Waals surface area contributed by atoms with E-state index in [2.05, 4.69) is 36.8 Å². The van der Waals surface area contributed by atoms with Crippen LogP contribution in [0.5, 0.6) is 0 Å². The second kappa shape index (κ2) is 6.17. The number of aryl methyl sites for hydroxylation is 2. The average molecular weight is 276 g/mol. The molecule has 0 saturated heterocycles. The van der Waals surface area contributed by atoms with Gasteiger partial charge in [0.2, 0.25) is 0 Å². The standard InChI is InChI=1S/C15H20N2OS/c1-11-6-4-7-14(13(11)3)16-15-17(8-5-9-18)12(2)10-19-15/h4,6-7,10,18H,5,8-9H2,1-3H3. The lowest BCUT2D eigenvalue weighted by molar-refractivity contribution is 0.279. The second-order valence-electron chi connectivity index (χ2n) is 4.72. The molecule has 0 radical (unpaired) electrons. The molecule has 1 aromatic heterocycles. The fourth-order valence-electron chi connectivity index (χ4n) is 1.96. The predicted octanol–water partition coefficient (Wildman–Crippen LogP) is 3.09. The number of rotatable bonds is 4. The van der Waals surface area contributed by atoms with Crippen LogP contribution in [0.15, 0.2) is 28.6 Å². The van der Waals surface area contributed by atoms with E-state index >= 15 is 0 Å². The van der Waals surface area contributed by atoms with Gasteiger partial charge >= 0.3 is 0 Å². The zero-order chi connectivity index (χ0) is 13.8. The Morgan fingerprint density at radius 3 is 2.79 bits per heavy atom. The van der Waals surface area contributed by atoms with Crippen molar-refractivity contribution in [2.75, 3.05) is 6.61 Å². The third kappa shape index (κ3) is 3.14. The summed E-state index contributed by atoms with van der Waals surface area (Å²) in [5.74, 6) is 0. The van der Waals surface area contributed by atoms with Crippen LogP contribution in [0.25, 0.3) is 0 Å². The molecule has 0 atom stereocenters. The van der Waals surface area contributed by atoms with Crippen LogP contribution in [0.1, 0.15) is 23.2 Å². The summed E-state index contributed by atoms with van der Waals surface area (Å²) in [4.78, 5) is 5.77. The van der Waals surface area contributed by atoms with Crippen molar-refractivity contribution < 1.29 is 5.11 Å². The Bertz CT molecular complexity index is 625. The van der Waals surface area contributed by atoms with Gasteiger partial charge in [-0.3, -0.25) is 0 Å². The fraction of sp³-hybridized carbons (Fsp3) is 0.400. The lowest BCUT2D eigenvalue weighted by atomic mass is 10.1. The Kier molecular flexibility index (Phi) is 4.56. The highest BCUT2D eigenvalue weighted by molar-refractivity contribution is 7.07. The van der Waals surface area contributed by atoms with Gasteiger partial charge in [-0.15, -0.1) is 11.3 Å². The van der Waals surface area contributed by atoms with E-state index in [1.165, 1.54) is 16.8 Å². The Balaban J connectivity index is 2.46. The first kappa shape index (κ1) is 14.0. The molecule has 2 aromatic rings. The van der Waals surface area contributed by atoms with Crippen molar-refractivity contribution in [1.82, 2.24) is 4.57 Å². The highest BCUT2D eigenvalue weighted by Crippen LogP contribution is 2.20. The summed E-state index contributed by atoms with van der Waals surface area (Å²) in [6, 6.07) is 6.20. The smallest absolute Gasteiger partial charge is 0.190 e. The number of aliphatic hydroxyl groups is 1. The minimum atomic E-state index is 0.213. The molecular weight excluding hydrogens is 256 g/mol. The highest BCUT2D eigenvalue weighted by Gasteiger charge is 2.03. The van der Waals surface area contributed by atoms with E-state index in [-0.39, 0.29) is 6.61 Å². The van der Waals surface area contributed by atoms with Crippen molar-refractivity contribution >= 4 is 17.0 Å². The zero-order valence-corrected chi connectivity index (χ0v) is 12.5. The second-order valence-corrected chi connectivity index (χ2v) is 5.56. The minimum absolute atomic E-state index is 0.213. The Labute approximate surface area is 117 Å². The maximum Gasteiger partial charge on any atom is 0.190 e. The van der Waals surface area contributed by atoms with Crippen molar-refractivity contribution in [1.29, 1.82) is 0 Å². The number of hydrogen-bond donors (Lipinski definition) is 1. The number of nitrogens with zero attached hydrogens (tertiary/aromatic N) is 2. The van der Waals surface area contributed by atoms with Gasteiger partial charge < -0.3 is 9.67 Å². The van der Waals surface area contributed by atoms with E-state index < -0.39 is 0 Å². The Hall–Kier alpha value is -1.39.